The fraction of sp³-hybridized carbons (Fsp3) is 0.318. The zero-order valence-electron chi connectivity index (χ0n) is 17.1. The molecular weight excluding hydrogens is 466 g/mol. The molecule has 0 aliphatic rings. The van der Waals surface area contributed by atoms with E-state index in [1.54, 1.807) is 30.3 Å². The van der Waals surface area contributed by atoms with Gasteiger partial charge in [-0.1, -0.05) is 59.8 Å². The second-order valence-corrected chi connectivity index (χ2v) is 8.11. The van der Waals surface area contributed by atoms with Crippen molar-refractivity contribution in [3.63, 3.8) is 0 Å². The van der Waals surface area contributed by atoms with Crippen LogP contribution in [0, 0.1) is 6.92 Å². The third-order valence-corrected chi connectivity index (χ3v) is 4.94. The number of halogens is 1. The van der Waals surface area contributed by atoms with E-state index in [-0.39, 0.29) is 11.0 Å². The Hall–Kier alpha value is -2.45. The fourth-order valence-corrected chi connectivity index (χ4v) is 3.19. The Labute approximate surface area is 190 Å². The number of amides is 2. The van der Waals surface area contributed by atoms with Gasteiger partial charge < -0.3 is 4.74 Å². The van der Waals surface area contributed by atoms with E-state index >= 15 is 0 Å². The monoisotopic (exact) mass is 491 g/mol. The van der Waals surface area contributed by atoms with Crippen molar-refractivity contribution in [3.05, 3.63) is 63.6 Å². The topological polar surface area (TPSA) is 79.5 Å². The third-order valence-electron chi connectivity index (χ3n) is 4.24. The van der Waals surface area contributed by atoms with Crippen LogP contribution in [0.4, 0.5) is 0 Å². The second kappa shape index (κ2) is 12.3. The minimum atomic E-state index is -0.429. The Morgan fingerprint density at radius 2 is 1.83 bits per heavy atom. The molecule has 0 radical (unpaired) electrons. The van der Waals surface area contributed by atoms with Crippen molar-refractivity contribution in [2.24, 2.45) is 0 Å². The van der Waals surface area contributed by atoms with E-state index in [1.807, 2.05) is 19.1 Å². The summed E-state index contributed by atoms with van der Waals surface area (Å²) in [7, 11) is 0. The molecule has 0 aliphatic heterocycles. The molecule has 8 heteroatoms. The number of carbonyl (C=O) groups is 2. The van der Waals surface area contributed by atoms with Crippen LogP contribution < -0.4 is 20.9 Å². The molecule has 6 nitrogen and oxygen atoms in total. The summed E-state index contributed by atoms with van der Waals surface area (Å²) < 4.78 is 6.54. The normalized spacial score (nSPS) is 10.2. The van der Waals surface area contributed by atoms with Crippen molar-refractivity contribution in [1.82, 2.24) is 16.2 Å². The molecule has 0 fully saturated rings. The van der Waals surface area contributed by atoms with Gasteiger partial charge in [-0.2, -0.15) is 0 Å². The van der Waals surface area contributed by atoms with Crippen LogP contribution >= 0.6 is 28.1 Å². The fourth-order valence-electron chi connectivity index (χ4n) is 2.69. The van der Waals surface area contributed by atoms with E-state index in [0.29, 0.717) is 23.5 Å². The van der Waals surface area contributed by atoms with Crippen molar-refractivity contribution in [2.75, 3.05) is 6.61 Å². The highest BCUT2D eigenvalue weighted by molar-refractivity contribution is 9.10. The molecule has 0 saturated heterocycles. The second-order valence-electron chi connectivity index (χ2n) is 6.78. The predicted molar refractivity (Wildman–Crippen MR) is 126 cm³/mol. The zero-order chi connectivity index (χ0) is 21.9. The average Bonchev–Trinajstić information content (AvgIpc) is 2.72. The van der Waals surface area contributed by atoms with E-state index in [9.17, 15) is 9.59 Å². The molecule has 0 aliphatic carbocycles. The van der Waals surface area contributed by atoms with Crippen LogP contribution in [0.2, 0.25) is 0 Å². The number of hydrogen-bond donors (Lipinski definition) is 3. The maximum absolute atomic E-state index is 12.7. The minimum absolute atomic E-state index is 0.0186. The standard InChI is InChI=1S/C22H26BrN3O3S/c1-3-4-5-6-12-29-19-11-10-17(23)14-18(19)21(28)24-22(30)26-25-20(27)16-9-7-8-15(2)13-16/h7-11,13-14H,3-6,12H2,1-2H3,(H,25,27)(H2,24,26,28,30). The first kappa shape index (κ1) is 23.8. The van der Waals surface area contributed by atoms with Crippen LogP contribution in [-0.2, 0) is 0 Å². The molecule has 0 spiro atoms. The number of ether oxygens (including phenoxy) is 1. The molecule has 0 aromatic heterocycles. The zero-order valence-corrected chi connectivity index (χ0v) is 19.5. The third kappa shape index (κ3) is 7.76. The van der Waals surface area contributed by atoms with Gasteiger partial charge in [-0.3, -0.25) is 25.8 Å². The summed E-state index contributed by atoms with van der Waals surface area (Å²) in [6.45, 7) is 4.59. The van der Waals surface area contributed by atoms with Gasteiger partial charge >= 0.3 is 0 Å². The highest BCUT2D eigenvalue weighted by Crippen LogP contribution is 2.23. The summed E-state index contributed by atoms with van der Waals surface area (Å²) in [4.78, 5) is 24.8. The summed E-state index contributed by atoms with van der Waals surface area (Å²) in [5.74, 6) is -0.296. The van der Waals surface area contributed by atoms with Gasteiger partial charge in [-0.25, -0.2) is 0 Å². The Bertz CT molecular complexity index is 905. The summed E-state index contributed by atoms with van der Waals surface area (Å²) in [6, 6.07) is 12.4. The lowest BCUT2D eigenvalue weighted by Crippen LogP contribution is -2.48. The Balaban J connectivity index is 1.91. The predicted octanol–water partition coefficient (Wildman–Crippen LogP) is 4.67. The summed E-state index contributed by atoms with van der Waals surface area (Å²) in [5, 5.41) is 2.54. The van der Waals surface area contributed by atoms with Gasteiger partial charge in [0, 0.05) is 10.0 Å². The van der Waals surface area contributed by atoms with Gasteiger partial charge in [0.25, 0.3) is 11.8 Å². The quantitative estimate of drug-likeness (QED) is 0.284. The first-order valence-electron chi connectivity index (χ1n) is 9.81. The number of nitrogens with one attached hydrogen (secondary N) is 3. The maximum Gasteiger partial charge on any atom is 0.269 e. The number of hydrogen-bond acceptors (Lipinski definition) is 4. The first-order valence-corrected chi connectivity index (χ1v) is 11.0. The molecular formula is C22H26BrN3O3S. The van der Waals surface area contributed by atoms with Gasteiger partial charge in [0.1, 0.15) is 5.75 Å². The Kier molecular flexibility index (Phi) is 9.76. The van der Waals surface area contributed by atoms with Crippen molar-refractivity contribution in [1.29, 1.82) is 0 Å². The smallest absolute Gasteiger partial charge is 0.269 e. The van der Waals surface area contributed by atoms with Crippen molar-refractivity contribution in [2.45, 2.75) is 39.5 Å². The van der Waals surface area contributed by atoms with Gasteiger partial charge in [-0.05, 0) is 55.9 Å². The molecule has 2 rings (SSSR count). The highest BCUT2D eigenvalue weighted by Gasteiger charge is 2.15. The Morgan fingerprint density at radius 3 is 2.57 bits per heavy atom. The minimum Gasteiger partial charge on any atom is -0.493 e. The van der Waals surface area contributed by atoms with Crippen molar-refractivity contribution >= 4 is 45.1 Å². The molecule has 160 valence electrons. The molecule has 0 unspecified atom stereocenters. The van der Waals surface area contributed by atoms with Crippen molar-refractivity contribution in [3.8, 4) is 5.75 Å². The number of unbranched alkanes of at least 4 members (excludes halogenated alkanes) is 3. The summed E-state index contributed by atoms with van der Waals surface area (Å²) >= 11 is 8.50. The van der Waals surface area contributed by atoms with Crippen LogP contribution in [0.3, 0.4) is 0 Å². The van der Waals surface area contributed by atoms with E-state index in [4.69, 9.17) is 17.0 Å². The van der Waals surface area contributed by atoms with Crippen molar-refractivity contribution < 1.29 is 14.3 Å². The number of benzene rings is 2. The van der Waals surface area contributed by atoms with Gasteiger partial charge in [0.15, 0.2) is 5.11 Å². The summed E-state index contributed by atoms with van der Waals surface area (Å²) in [6.07, 6.45) is 4.32. The highest BCUT2D eigenvalue weighted by atomic mass is 79.9. The SMILES string of the molecule is CCCCCCOc1ccc(Br)cc1C(=O)NC(=S)NNC(=O)c1cccc(C)c1. The molecule has 30 heavy (non-hydrogen) atoms. The first-order chi connectivity index (χ1) is 14.4. The summed E-state index contributed by atoms with van der Waals surface area (Å²) in [5.41, 5.74) is 6.84. The van der Waals surface area contributed by atoms with Crippen LogP contribution in [0.15, 0.2) is 46.9 Å². The van der Waals surface area contributed by atoms with E-state index < -0.39 is 5.91 Å². The number of aryl methyl sites for hydroxylation is 1. The molecule has 0 atom stereocenters. The van der Waals surface area contributed by atoms with Gasteiger partial charge in [-0.15, -0.1) is 0 Å². The van der Waals surface area contributed by atoms with Crippen LogP contribution in [0.1, 0.15) is 58.9 Å². The van der Waals surface area contributed by atoms with E-state index in [2.05, 4.69) is 39.0 Å². The lowest BCUT2D eigenvalue weighted by Gasteiger charge is -2.14. The largest absolute Gasteiger partial charge is 0.493 e. The molecule has 3 N–H and O–H groups in total. The molecule has 0 saturated carbocycles. The molecule has 0 heterocycles. The number of thiocarbonyl (C=S) groups is 1. The molecule has 2 aromatic rings. The average molecular weight is 492 g/mol. The van der Waals surface area contributed by atoms with E-state index in [0.717, 1.165) is 35.7 Å². The maximum atomic E-state index is 12.7. The molecule has 0 bridgehead atoms. The molecule has 2 aromatic carbocycles. The van der Waals surface area contributed by atoms with E-state index in [1.165, 1.54) is 0 Å². The van der Waals surface area contributed by atoms with Gasteiger partial charge in [0.2, 0.25) is 0 Å². The van der Waals surface area contributed by atoms with Gasteiger partial charge in [0.05, 0.1) is 12.2 Å². The van der Waals surface area contributed by atoms with Crippen LogP contribution in [0.25, 0.3) is 0 Å². The lowest BCUT2D eigenvalue weighted by atomic mass is 10.1. The number of rotatable bonds is 8. The number of hydrazine groups is 1. The Morgan fingerprint density at radius 1 is 1.03 bits per heavy atom. The van der Waals surface area contributed by atoms with Crippen LogP contribution in [0.5, 0.6) is 5.75 Å². The van der Waals surface area contributed by atoms with Crippen LogP contribution in [-0.4, -0.2) is 23.5 Å². The number of carbonyl (C=O) groups excluding carboxylic acids is 2. The molecule has 2 amide bonds. The lowest BCUT2D eigenvalue weighted by molar-refractivity contribution is 0.0933.